The summed E-state index contributed by atoms with van der Waals surface area (Å²) in [5.74, 6) is -1.11. The van der Waals surface area contributed by atoms with Gasteiger partial charge in [0.2, 0.25) is 5.91 Å². The van der Waals surface area contributed by atoms with Crippen LogP contribution in [0.4, 0.5) is 4.39 Å². The average molecular weight is 344 g/mol. The second kappa shape index (κ2) is 8.94. The minimum Gasteiger partial charge on any atom is -0.386 e. The Morgan fingerprint density at radius 1 is 1.08 bits per heavy atom. The molecular weight excluding hydrogens is 323 g/mol. The molecule has 25 heavy (non-hydrogen) atoms. The smallest absolute Gasteiger partial charge is 0.251 e. The van der Waals surface area contributed by atoms with Crippen molar-refractivity contribution in [3.8, 4) is 0 Å². The fraction of sp³-hybridized carbons (Fsp3) is 0.263. The molecule has 2 amide bonds. The third kappa shape index (κ3) is 5.69. The van der Waals surface area contributed by atoms with Crippen LogP contribution in [0.3, 0.4) is 0 Å². The Kier molecular flexibility index (Phi) is 6.65. The minimum absolute atomic E-state index is 0.0581. The molecule has 0 heterocycles. The number of aliphatic hydroxyl groups is 1. The summed E-state index contributed by atoms with van der Waals surface area (Å²) in [5.41, 5.74) is 0.651. The molecule has 132 valence electrons. The SMILES string of the molecule is CC(CC(=O)NCC(O)c1ccccc1F)NC(=O)c1ccccc1. The van der Waals surface area contributed by atoms with Crippen LogP contribution < -0.4 is 10.6 Å². The molecule has 0 bridgehead atoms. The summed E-state index contributed by atoms with van der Waals surface area (Å²) in [6.45, 7) is 1.62. The number of carbonyl (C=O) groups excluding carboxylic acids is 2. The molecule has 0 fully saturated rings. The fourth-order valence-electron chi connectivity index (χ4n) is 2.36. The van der Waals surface area contributed by atoms with Gasteiger partial charge in [0.1, 0.15) is 5.82 Å². The molecular formula is C19H21FN2O3. The van der Waals surface area contributed by atoms with Crippen molar-refractivity contribution in [2.24, 2.45) is 0 Å². The molecule has 0 saturated carbocycles. The highest BCUT2D eigenvalue weighted by molar-refractivity contribution is 5.94. The Balaban J connectivity index is 1.78. The first-order chi connectivity index (χ1) is 12.0. The van der Waals surface area contributed by atoms with E-state index >= 15 is 0 Å². The summed E-state index contributed by atoms with van der Waals surface area (Å²) in [4.78, 5) is 23.9. The van der Waals surface area contributed by atoms with Gasteiger partial charge in [0.05, 0.1) is 6.10 Å². The van der Waals surface area contributed by atoms with E-state index in [-0.39, 0.29) is 36.4 Å². The average Bonchev–Trinajstić information content (AvgIpc) is 2.60. The first kappa shape index (κ1) is 18.6. The summed E-state index contributed by atoms with van der Waals surface area (Å²) in [5, 5.41) is 15.2. The van der Waals surface area contributed by atoms with E-state index in [1.165, 1.54) is 18.2 Å². The lowest BCUT2D eigenvalue weighted by Crippen LogP contribution is -2.38. The van der Waals surface area contributed by atoms with E-state index in [1.807, 2.05) is 6.07 Å². The van der Waals surface area contributed by atoms with Gasteiger partial charge in [-0.15, -0.1) is 0 Å². The molecule has 0 aliphatic carbocycles. The van der Waals surface area contributed by atoms with E-state index in [0.717, 1.165) is 0 Å². The summed E-state index contributed by atoms with van der Waals surface area (Å²) >= 11 is 0. The predicted octanol–water partition coefficient (Wildman–Crippen LogP) is 2.18. The van der Waals surface area contributed by atoms with E-state index < -0.39 is 11.9 Å². The number of hydrogen-bond donors (Lipinski definition) is 3. The monoisotopic (exact) mass is 344 g/mol. The zero-order chi connectivity index (χ0) is 18.2. The van der Waals surface area contributed by atoms with Crippen LogP contribution in [0, 0.1) is 5.82 Å². The lowest BCUT2D eigenvalue weighted by atomic mass is 10.1. The molecule has 0 aliphatic heterocycles. The molecule has 0 aliphatic rings. The van der Waals surface area contributed by atoms with Crippen LogP contribution in [0.5, 0.6) is 0 Å². The summed E-state index contributed by atoms with van der Waals surface area (Å²) < 4.78 is 13.6. The number of halogens is 1. The van der Waals surface area contributed by atoms with E-state index in [1.54, 1.807) is 37.3 Å². The van der Waals surface area contributed by atoms with Gasteiger partial charge in [-0.05, 0) is 25.1 Å². The quantitative estimate of drug-likeness (QED) is 0.720. The van der Waals surface area contributed by atoms with Crippen molar-refractivity contribution in [1.29, 1.82) is 0 Å². The Morgan fingerprint density at radius 2 is 1.72 bits per heavy atom. The highest BCUT2D eigenvalue weighted by Crippen LogP contribution is 2.15. The van der Waals surface area contributed by atoms with Crippen molar-refractivity contribution in [1.82, 2.24) is 10.6 Å². The molecule has 2 rings (SSSR count). The zero-order valence-corrected chi connectivity index (χ0v) is 13.9. The lowest BCUT2D eigenvalue weighted by molar-refractivity contribution is -0.121. The van der Waals surface area contributed by atoms with Gasteiger partial charge in [0.15, 0.2) is 0 Å². The van der Waals surface area contributed by atoms with Gasteiger partial charge in [0, 0.05) is 30.1 Å². The van der Waals surface area contributed by atoms with Crippen LogP contribution in [-0.2, 0) is 4.79 Å². The molecule has 0 saturated heterocycles. The molecule has 0 radical (unpaired) electrons. The van der Waals surface area contributed by atoms with E-state index in [2.05, 4.69) is 10.6 Å². The fourth-order valence-corrected chi connectivity index (χ4v) is 2.36. The van der Waals surface area contributed by atoms with E-state index in [4.69, 9.17) is 0 Å². The van der Waals surface area contributed by atoms with Gasteiger partial charge < -0.3 is 15.7 Å². The van der Waals surface area contributed by atoms with Crippen LogP contribution in [0.2, 0.25) is 0 Å². The van der Waals surface area contributed by atoms with Gasteiger partial charge in [-0.1, -0.05) is 36.4 Å². The van der Waals surface area contributed by atoms with Crippen molar-refractivity contribution < 1.29 is 19.1 Å². The van der Waals surface area contributed by atoms with Crippen LogP contribution in [0.15, 0.2) is 54.6 Å². The van der Waals surface area contributed by atoms with Crippen LogP contribution in [-0.4, -0.2) is 29.5 Å². The largest absolute Gasteiger partial charge is 0.386 e. The number of amides is 2. The first-order valence-electron chi connectivity index (χ1n) is 8.02. The maximum absolute atomic E-state index is 13.6. The summed E-state index contributed by atoms with van der Waals surface area (Å²) in [7, 11) is 0. The number of nitrogens with one attached hydrogen (secondary N) is 2. The Labute approximate surface area is 145 Å². The molecule has 0 aromatic heterocycles. The maximum atomic E-state index is 13.6. The molecule has 5 nitrogen and oxygen atoms in total. The molecule has 2 atom stereocenters. The van der Waals surface area contributed by atoms with E-state index in [9.17, 15) is 19.1 Å². The van der Waals surface area contributed by atoms with Gasteiger partial charge in [-0.25, -0.2) is 4.39 Å². The molecule has 3 N–H and O–H groups in total. The number of benzene rings is 2. The second-order valence-corrected chi connectivity index (χ2v) is 5.79. The second-order valence-electron chi connectivity index (χ2n) is 5.79. The Morgan fingerprint density at radius 3 is 2.40 bits per heavy atom. The van der Waals surface area contributed by atoms with Crippen molar-refractivity contribution >= 4 is 11.8 Å². The summed E-state index contributed by atoms with van der Waals surface area (Å²) in [6.07, 6.45) is -1.07. The minimum atomic E-state index is -1.13. The third-order valence-corrected chi connectivity index (χ3v) is 3.66. The van der Waals surface area contributed by atoms with Crippen molar-refractivity contribution in [2.45, 2.75) is 25.5 Å². The number of hydrogen-bond acceptors (Lipinski definition) is 3. The Bertz CT molecular complexity index is 722. The van der Waals surface area contributed by atoms with Crippen molar-refractivity contribution in [2.75, 3.05) is 6.54 Å². The van der Waals surface area contributed by atoms with Crippen molar-refractivity contribution in [3.05, 3.63) is 71.5 Å². The molecule has 2 aromatic rings. The molecule has 0 spiro atoms. The predicted molar refractivity (Wildman–Crippen MR) is 92.4 cm³/mol. The van der Waals surface area contributed by atoms with Gasteiger partial charge in [-0.3, -0.25) is 9.59 Å². The van der Waals surface area contributed by atoms with Crippen molar-refractivity contribution in [3.63, 3.8) is 0 Å². The van der Waals surface area contributed by atoms with Gasteiger partial charge in [0.25, 0.3) is 5.91 Å². The molecule has 2 aromatic carbocycles. The van der Waals surface area contributed by atoms with Crippen LogP contribution in [0.25, 0.3) is 0 Å². The van der Waals surface area contributed by atoms with Crippen LogP contribution >= 0.6 is 0 Å². The highest BCUT2D eigenvalue weighted by Gasteiger charge is 2.16. The zero-order valence-electron chi connectivity index (χ0n) is 13.9. The Hall–Kier alpha value is -2.73. The number of carbonyl (C=O) groups is 2. The lowest BCUT2D eigenvalue weighted by Gasteiger charge is -2.16. The normalized spacial score (nSPS) is 12.9. The summed E-state index contributed by atoms with van der Waals surface area (Å²) in [6, 6.07) is 14.2. The number of aliphatic hydroxyl groups excluding tert-OH is 1. The topological polar surface area (TPSA) is 78.4 Å². The van der Waals surface area contributed by atoms with E-state index in [0.29, 0.717) is 5.56 Å². The maximum Gasteiger partial charge on any atom is 0.251 e. The first-order valence-corrected chi connectivity index (χ1v) is 8.02. The highest BCUT2D eigenvalue weighted by atomic mass is 19.1. The third-order valence-electron chi connectivity index (χ3n) is 3.66. The standard InChI is InChI=1S/C19H21FN2O3/c1-13(22-19(25)14-7-3-2-4-8-14)11-18(24)21-12-17(23)15-9-5-6-10-16(15)20/h2-10,13,17,23H,11-12H2,1H3,(H,21,24)(H,22,25). The number of rotatable bonds is 7. The molecule has 2 unspecified atom stereocenters. The van der Waals surface area contributed by atoms with Gasteiger partial charge >= 0.3 is 0 Å². The van der Waals surface area contributed by atoms with Gasteiger partial charge in [-0.2, -0.15) is 0 Å². The van der Waals surface area contributed by atoms with Crippen LogP contribution in [0.1, 0.15) is 35.4 Å². The molecule has 6 heteroatoms.